The maximum Gasteiger partial charge on any atom is 0.243 e. The third-order valence-electron chi connectivity index (χ3n) is 2.56. The van der Waals surface area contributed by atoms with Gasteiger partial charge in [0.05, 0.1) is 25.0 Å². The number of anilines is 1. The Labute approximate surface area is 136 Å². The van der Waals surface area contributed by atoms with Gasteiger partial charge in [-0.2, -0.15) is 0 Å². The van der Waals surface area contributed by atoms with Crippen molar-refractivity contribution in [3.8, 4) is 0 Å². The summed E-state index contributed by atoms with van der Waals surface area (Å²) in [5, 5.41) is 8.97. The van der Waals surface area contributed by atoms with Crippen LogP contribution >= 0.6 is 28.1 Å². The average molecular weight is 368 g/mol. The van der Waals surface area contributed by atoms with Crippen LogP contribution in [-0.2, 0) is 11.3 Å². The van der Waals surface area contributed by atoms with E-state index in [0.29, 0.717) is 11.7 Å². The number of carbonyl (C=O) groups excluding carboxylic acids is 1. The Bertz CT molecular complexity index is 616. The van der Waals surface area contributed by atoms with Crippen molar-refractivity contribution in [1.82, 2.24) is 10.6 Å². The second-order valence-electron chi connectivity index (χ2n) is 4.14. The number of carbonyl (C=O) groups is 1. The number of hydrogen-bond acceptors (Lipinski definition) is 3. The predicted molar refractivity (Wildman–Crippen MR) is 88.9 cm³/mol. The van der Waals surface area contributed by atoms with Crippen LogP contribution in [0.1, 0.15) is 5.76 Å². The molecule has 7 heteroatoms. The molecule has 0 aliphatic carbocycles. The molecule has 1 aromatic heterocycles. The van der Waals surface area contributed by atoms with Gasteiger partial charge in [0, 0.05) is 4.47 Å². The highest BCUT2D eigenvalue weighted by atomic mass is 79.9. The van der Waals surface area contributed by atoms with E-state index in [2.05, 4.69) is 31.9 Å². The Morgan fingerprint density at radius 1 is 1.19 bits per heavy atom. The van der Waals surface area contributed by atoms with E-state index in [0.717, 1.165) is 15.9 Å². The SMILES string of the molecule is O=C(CNC(=S)NCc1ccco1)Nc1ccccc1Br. The van der Waals surface area contributed by atoms with E-state index in [1.165, 1.54) is 0 Å². The monoisotopic (exact) mass is 367 g/mol. The van der Waals surface area contributed by atoms with Crippen molar-refractivity contribution in [2.24, 2.45) is 0 Å². The molecule has 1 heterocycles. The van der Waals surface area contributed by atoms with Crippen molar-refractivity contribution in [2.45, 2.75) is 6.54 Å². The third-order valence-corrected chi connectivity index (χ3v) is 3.54. The van der Waals surface area contributed by atoms with Gasteiger partial charge >= 0.3 is 0 Å². The number of thiocarbonyl (C=S) groups is 1. The topological polar surface area (TPSA) is 66.3 Å². The molecule has 0 spiro atoms. The first-order valence-electron chi connectivity index (χ1n) is 6.23. The zero-order chi connectivity index (χ0) is 15.1. The smallest absolute Gasteiger partial charge is 0.243 e. The lowest BCUT2D eigenvalue weighted by Gasteiger charge is -2.10. The Morgan fingerprint density at radius 3 is 2.71 bits per heavy atom. The molecule has 2 rings (SSSR count). The number of halogens is 1. The lowest BCUT2D eigenvalue weighted by atomic mass is 10.3. The molecule has 0 bridgehead atoms. The first kappa shape index (κ1) is 15.5. The van der Waals surface area contributed by atoms with Gasteiger partial charge in [-0.25, -0.2) is 0 Å². The highest BCUT2D eigenvalue weighted by Gasteiger charge is 2.06. The van der Waals surface area contributed by atoms with Crippen LogP contribution in [0.25, 0.3) is 0 Å². The van der Waals surface area contributed by atoms with E-state index in [9.17, 15) is 4.79 Å². The Balaban J connectivity index is 1.71. The highest BCUT2D eigenvalue weighted by Crippen LogP contribution is 2.20. The number of rotatable bonds is 5. The van der Waals surface area contributed by atoms with Crippen molar-refractivity contribution in [3.05, 3.63) is 52.9 Å². The molecule has 3 N–H and O–H groups in total. The van der Waals surface area contributed by atoms with Crippen molar-refractivity contribution < 1.29 is 9.21 Å². The van der Waals surface area contributed by atoms with Gasteiger partial charge in [0.1, 0.15) is 5.76 Å². The minimum atomic E-state index is -0.177. The van der Waals surface area contributed by atoms with Gasteiger partial charge in [-0.3, -0.25) is 4.79 Å². The minimum absolute atomic E-state index is 0.0886. The van der Waals surface area contributed by atoms with E-state index >= 15 is 0 Å². The Hall–Kier alpha value is -1.86. The van der Waals surface area contributed by atoms with Crippen molar-refractivity contribution in [3.63, 3.8) is 0 Å². The number of benzene rings is 1. The van der Waals surface area contributed by atoms with Crippen molar-refractivity contribution >= 4 is 44.9 Å². The molecule has 2 aromatic rings. The molecule has 1 amide bonds. The molecule has 5 nitrogen and oxygen atoms in total. The molecule has 0 aliphatic heterocycles. The van der Waals surface area contributed by atoms with Gasteiger partial charge in [0.25, 0.3) is 0 Å². The van der Waals surface area contributed by atoms with Crippen LogP contribution in [0.15, 0.2) is 51.6 Å². The van der Waals surface area contributed by atoms with Crippen LogP contribution in [0.5, 0.6) is 0 Å². The van der Waals surface area contributed by atoms with Crippen molar-refractivity contribution in [1.29, 1.82) is 0 Å². The third kappa shape index (κ3) is 5.20. The van der Waals surface area contributed by atoms with Gasteiger partial charge < -0.3 is 20.4 Å². The van der Waals surface area contributed by atoms with Crippen molar-refractivity contribution in [2.75, 3.05) is 11.9 Å². The summed E-state index contributed by atoms with van der Waals surface area (Å²) in [5.41, 5.74) is 0.721. The van der Waals surface area contributed by atoms with E-state index in [1.54, 1.807) is 12.3 Å². The van der Waals surface area contributed by atoms with E-state index < -0.39 is 0 Å². The summed E-state index contributed by atoms with van der Waals surface area (Å²) < 4.78 is 6.00. The lowest BCUT2D eigenvalue weighted by molar-refractivity contribution is -0.115. The molecular formula is C14H14BrN3O2S. The summed E-state index contributed by atoms with van der Waals surface area (Å²) in [6.45, 7) is 0.565. The van der Waals surface area contributed by atoms with Gasteiger partial charge in [0.2, 0.25) is 5.91 Å². The summed E-state index contributed by atoms with van der Waals surface area (Å²) >= 11 is 8.45. The second-order valence-corrected chi connectivity index (χ2v) is 5.41. The zero-order valence-electron chi connectivity index (χ0n) is 11.1. The predicted octanol–water partition coefficient (Wildman–Crippen LogP) is 2.64. The molecular weight excluding hydrogens is 354 g/mol. The number of hydrogen-bond donors (Lipinski definition) is 3. The van der Waals surface area contributed by atoms with Crippen LogP contribution < -0.4 is 16.0 Å². The molecule has 1 aromatic carbocycles. The highest BCUT2D eigenvalue weighted by molar-refractivity contribution is 9.10. The molecule has 0 unspecified atom stereocenters. The van der Waals surface area contributed by atoms with E-state index in [4.69, 9.17) is 16.6 Å². The first-order chi connectivity index (χ1) is 10.1. The molecule has 0 saturated carbocycles. The number of amides is 1. The fourth-order valence-corrected chi connectivity index (χ4v) is 2.09. The Morgan fingerprint density at radius 2 is 2.00 bits per heavy atom. The molecule has 0 fully saturated rings. The van der Waals surface area contributed by atoms with Crippen LogP contribution in [0, 0.1) is 0 Å². The van der Waals surface area contributed by atoms with Crippen LogP contribution in [0.4, 0.5) is 5.69 Å². The van der Waals surface area contributed by atoms with E-state index in [-0.39, 0.29) is 12.5 Å². The molecule has 0 radical (unpaired) electrons. The van der Waals surface area contributed by atoms with Gasteiger partial charge in [-0.1, -0.05) is 12.1 Å². The fourth-order valence-electron chi connectivity index (χ4n) is 1.56. The number of furan rings is 1. The number of nitrogens with one attached hydrogen (secondary N) is 3. The largest absolute Gasteiger partial charge is 0.467 e. The summed E-state index contributed by atoms with van der Waals surface area (Å²) in [4.78, 5) is 11.8. The summed E-state index contributed by atoms with van der Waals surface area (Å²) in [5.74, 6) is 0.598. The quantitative estimate of drug-likeness (QED) is 0.709. The van der Waals surface area contributed by atoms with Crippen LogP contribution in [-0.4, -0.2) is 17.6 Å². The maximum atomic E-state index is 11.8. The number of para-hydroxylation sites is 1. The van der Waals surface area contributed by atoms with Gasteiger partial charge in [-0.15, -0.1) is 0 Å². The summed E-state index contributed by atoms with van der Waals surface area (Å²) in [6.07, 6.45) is 1.60. The summed E-state index contributed by atoms with van der Waals surface area (Å²) in [7, 11) is 0. The Kier molecular flexibility index (Phi) is 5.77. The molecule has 0 saturated heterocycles. The summed E-state index contributed by atoms with van der Waals surface area (Å²) in [6, 6.07) is 11.1. The molecule has 0 aliphatic rings. The van der Waals surface area contributed by atoms with Gasteiger partial charge in [-0.05, 0) is 52.4 Å². The fraction of sp³-hybridized carbons (Fsp3) is 0.143. The first-order valence-corrected chi connectivity index (χ1v) is 7.44. The lowest BCUT2D eigenvalue weighted by Crippen LogP contribution is -2.39. The zero-order valence-corrected chi connectivity index (χ0v) is 13.5. The van der Waals surface area contributed by atoms with Gasteiger partial charge in [0.15, 0.2) is 5.11 Å². The second kappa shape index (κ2) is 7.80. The van der Waals surface area contributed by atoms with Crippen LogP contribution in [0.2, 0.25) is 0 Å². The van der Waals surface area contributed by atoms with Crippen LogP contribution in [0.3, 0.4) is 0 Å². The van der Waals surface area contributed by atoms with E-state index in [1.807, 2.05) is 30.3 Å². The maximum absolute atomic E-state index is 11.8. The normalized spacial score (nSPS) is 9.95. The molecule has 21 heavy (non-hydrogen) atoms. The molecule has 0 atom stereocenters. The standard InChI is InChI=1S/C14H14BrN3O2S/c15-11-5-1-2-6-12(11)18-13(19)9-17-14(21)16-8-10-4-3-7-20-10/h1-7H,8-9H2,(H,18,19)(H2,16,17,21). The average Bonchev–Trinajstić information content (AvgIpc) is 2.99. The minimum Gasteiger partial charge on any atom is -0.467 e. The molecule has 110 valence electrons.